The first-order chi connectivity index (χ1) is 8.77. The van der Waals surface area contributed by atoms with Crippen molar-refractivity contribution in [2.75, 3.05) is 32.1 Å². The summed E-state index contributed by atoms with van der Waals surface area (Å²) in [6.45, 7) is 4.38. The molecule has 0 heterocycles. The van der Waals surface area contributed by atoms with Crippen molar-refractivity contribution >= 4 is 11.6 Å². The first-order valence-corrected chi connectivity index (χ1v) is 6.39. The molecule has 0 aliphatic carbocycles. The van der Waals surface area contributed by atoms with Gasteiger partial charge in [-0.3, -0.25) is 4.79 Å². The Morgan fingerprint density at radius 2 is 1.94 bits per heavy atom. The van der Waals surface area contributed by atoms with Crippen LogP contribution in [0.1, 0.15) is 30.1 Å². The van der Waals surface area contributed by atoms with Crippen molar-refractivity contribution in [1.29, 1.82) is 0 Å². The lowest BCUT2D eigenvalue weighted by Crippen LogP contribution is -2.25. The fourth-order valence-electron chi connectivity index (χ4n) is 1.53. The fourth-order valence-corrected chi connectivity index (χ4v) is 1.53. The minimum atomic E-state index is -0.0341. The largest absolute Gasteiger partial charge is 0.385 e. The third-order valence-corrected chi connectivity index (χ3v) is 2.54. The van der Waals surface area contributed by atoms with Crippen molar-refractivity contribution < 1.29 is 9.53 Å². The minimum absolute atomic E-state index is 0.0341. The molecule has 0 radical (unpaired) electrons. The van der Waals surface area contributed by atoms with Crippen LogP contribution in [0.3, 0.4) is 0 Å². The maximum Gasteiger partial charge on any atom is 0.251 e. The summed E-state index contributed by atoms with van der Waals surface area (Å²) in [7, 11) is 1.66. The first-order valence-electron chi connectivity index (χ1n) is 6.39. The molecule has 0 atom stereocenters. The summed E-state index contributed by atoms with van der Waals surface area (Å²) < 4.78 is 4.92. The smallest absolute Gasteiger partial charge is 0.251 e. The van der Waals surface area contributed by atoms with E-state index in [9.17, 15) is 4.79 Å². The lowest BCUT2D eigenvalue weighted by molar-refractivity contribution is 0.0948. The summed E-state index contributed by atoms with van der Waals surface area (Å²) in [6.07, 6.45) is 1.92. The van der Waals surface area contributed by atoms with Crippen molar-refractivity contribution in [3.63, 3.8) is 0 Å². The van der Waals surface area contributed by atoms with E-state index in [0.717, 1.165) is 25.1 Å². The van der Waals surface area contributed by atoms with Crippen LogP contribution in [0.15, 0.2) is 24.3 Å². The van der Waals surface area contributed by atoms with Crippen LogP contribution in [-0.2, 0) is 4.74 Å². The molecule has 2 N–H and O–H groups in total. The standard InChI is InChI=1S/C14H22N2O2/c1-3-9-15-13-7-5-12(6-8-13)14(17)16-10-4-11-18-2/h5-8,15H,3-4,9-11H2,1-2H3,(H,16,17). The van der Waals surface area contributed by atoms with Crippen molar-refractivity contribution in [3.05, 3.63) is 29.8 Å². The first kappa shape index (κ1) is 14.5. The predicted octanol–water partition coefficient (Wildman–Crippen LogP) is 2.27. The van der Waals surface area contributed by atoms with Gasteiger partial charge in [-0.25, -0.2) is 0 Å². The second-order valence-electron chi connectivity index (χ2n) is 4.11. The van der Waals surface area contributed by atoms with E-state index in [0.29, 0.717) is 18.7 Å². The van der Waals surface area contributed by atoms with Crippen LogP contribution in [0.4, 0.5) is 5.69 Å². The molecule has 1 amide bonds. The maximum absolute atomic E-state index is 11.8. The van der Waals surface area contributed by atoms with Gasteiger partial charge in [0.15, 0.2) is 0 Å². The number of anilines is 1. The Labute approximate surface area is 109 Å². The molecule has 0 unspecified atom stereocenters. The molecule has 0 spiro atoms. The molecule has 1 aromatic carbocycles. The van der Waals surface area contributed by atoms with E-state index in [-0.39, 0.29) is 5.91 Å². The molecule has 100 valence electrons. The van der Waals surface area contributed by atoms with Gasteiger partial charge in [0.1, 0.15) is 0 Å². The third kappa shape index (κ3) is 5.19. The van der Waals surface area contributed by atoms with Crippen molar-refractivity contribution in [2.24, 2.45) is 0 Å². The molecule has 4 heteroatoms. The van der Waals surface area contributed by atoms with Gasteiger partial charge in [-0.05, 0) is 37.1 Å². The van der Waals surface area contributed by atoms with E-state index in [1.165, 1.54) is 0 Å². The number of hydrogen-bond acceptors (Lipinski definition) is 3. The van der Waals surface area contributed by atoms with Gasteiger partial charge < -0.3 is 15.4 Å². The van der Waals surface area contributed by atoms with E-state index in [1.807, 2.05) is 24.3 Å². The van der Waals surface area contributed by atoms with Crippen molar-refractivity contribution in [2.45, 2.75) is 19.8 Å². The summed E-state index contributed by atoms with van der Waals surface area (Å²) >= 11 is 0. The highest BCUT2D eigenvalue weighted by atomic mass is 16.5. The Balaban J connectivity index is 2.38. The minimum Gasteiger partial charge on any atom is -0.385 e. The van der Waals surface area contributed by atoms with E-state index < -0.39 is 0 Å². The van der Waals surface area contributed by atoms with E-state index >= 15 is 0 Å². The summed E-state index contributed by atoms with van der Waals surface area (Å²) in [5.41, 5.74) is 1.74. The van der Waals surface area contributed by atoms with Gasteiger partial charge in [0.2, 0.25) is 0 Å². The van der Waals surface area contributed by atoms with Crippen LogP contribution in [0.25, 0.3) is 0 Å². The van der Waals surface area contributed by atoms with Gasteiger partial charge in [-0.2, -0.15) is 0 Å². The molecular formula is C14H22N2O2. The molecule has 0 aliphatic heterocycles. The lowest BCUT2D eigenvalue weighted by atomic mass is 10.2. The molecule has 4 nitrogen and oxygen atoms in total. The van der Waals surface area contributed by atoms with Gasteiger partial charge in [0.05, 0.1) is 0 Å². The molecule has 0 aromatic heterocycles. The molecule has 0 bridgehead atoms. The van der Waals surface area contributed by atoms with Crippen LogP contribution in [0.5, 0.6) is 0 Å². The zero-order valence-electron chi connectivity index (χ0n) is 11.2. The number of amides is 1. The second kappa shape index (κ2) is 8.53. The number of carbonyl (C=O) groups excluding carboxylic acids is 1. The van der Waals surface area contributed by atoms with Crippen LogP contribution < -0.4 is 10.6 Å². The van der Waals surface area contributed by atoms with Gasteiger partial charge in [-0.15, -0.1) is 0 Å². The van der Waals surface area contributed by atoms with Gasteiger partial charge in [0.25, 0.3) is 5.91 Å². The van der Waals surface area contributed by atoms with Crippen LogP contribution in [0.2, 0.25) is 0 Å². The summed E-state index contributed by atoms with van der Waals surface area (Å²) in [5.74, 6) is -0.0341. The number of methoxy groups -OCH3 is 1. The number of benzene rings is 1. The number of hydrogen-bond donors (Lipinski definition) is 2. The Hall–Kier alpha value is -1.55. The van der Waals surface area contributed by atoms with Gasteiger partial charge >= 0.3 is 0 Å². The Morgan fingerprint density at radius 3 is 2.56 bits per heavy atom. The summed E-state index contributed by atoms with van der Waals surface area (Å²) in [6, 6.07) is 7.53. The highest BCUT2D eigenvalue weighted by Gasteiger charge is 2.03. The molecule has 1 rings (SSSR count). The Bertz CT molecular complexity index is 349. The average Bonchev–Trinajstić information content (AvgIpc) is 2.41. The molecule has 0 fully saturated rings. The SMILES string of the molecule is CCCNc1ccc(C(=O)NCCCOC)cc1. The van der Waals surface area contributed by atoms with Gasteiger partial charge in [0, 0.05) is 38.1 Å². The number of carbonyl (C=O) groups is 1. The lowest BCUT2D eigenvalue weighted by Gasteiger charge is -2.07. The third-order valence-electron chi connectivity index (χ3n) is 2.54. The highest BCUT2D eigenvalue weighted by molar-refractivity contribution is 5.94. The van der Waals surface area contributed by atoms with E-state index in [2.05, 4.69) is 17.6 Å². The average molecular weight is 250 g/mol. The number of ether oxygens (including phenoxy) is 1. The Morgan fingerprint density at radius 1 is 1.22 bits per heavy atom. The monoisotopic (exact) mass is 250 g/mol. The quantitative estimate of drug-likeness (QED) is 0.696. The highest BCUT2D eigenvalue weighted by Crippen LogP contribution is 2.09. The predicted molar refractivity (Wildman–Crippen MR) is 74.0 cm³/mol. The number of nitrogens with one attached hydrogen (secondary N) is 2. The second-order valence-corrected chi connectivity index (χ2v) is 4.11. The normalized spacial score (nSPS) is 10.1. The molecular weight excluding hydrogens is 228 g/mol. The Kier molecular flexibility index (Phi) is 6.87. The molecule has 1 aromatic rings. The van der Waals surface area contributed by atoms with Crippen LogP contribution in [0, 0.1) is 0 Å². The molecule has 0 saturated heterocycles. The van der Waals surface area contributed by atoms with Crippen LogP contribution in [-0.4, -0.2) is 32.7 Å². The molecule has 0 saturated carbocycles. The zero-order valence-corrected chi connectivity index (χ0v) is 11.2. The van der Waals surface area contributed by atoms with Gasteiger partial charge in [-0.1, -0.05) is 6.92 Å². The summed E-state index contributed by atoms with van der Waals surface area (Å²) in [4.78, 5) is 11.8. The zero-order chi connectivity index (χ0) is 13.2. The maximum atomic E-state index is 11.8. The summed E-state index contributed by atoms with van der Waals surface area (Å²) in [5, 5.41) is 6.13. The molecule has 0 aliphatic rings. The van der Waals surface area contributed by atoms with E-state index in [4.69, 9.17) is 4.74 Å². The van der Waals surface area contributed by atoms with E-state index in [1.54, 1.807) is 7.11 Å². The molecule has 18 heavy (non-hydrogen) atoms. The van der Waals surface area contributed by atoms with Crippen LogP contribution >= 0.6 is 0 Å². The van der Waals surface area contributed by atoms with Crippen molar-refractivity contribution in [1.82, 2.24) is 5.32 Å². The fraction of sp³-hybridized carbons (Fsp3) is 0.500. The number of rotatable bonds is 8. The topological polar surface area (TPSA) is 50.4 Å². The van der Waals surface area contributed by atoms with Crippen molar-refractivity contribution in [3.8, 4) is 0 Å².